The number of benzene rings is 2. The van der Waals surface area contributed by atoms with E-state index in [1.54, 1.807) is 19.2 Å². The van der Waals surface area contributed by atoms with Crippen LogP contribution in [0.25, 0.3) is 11.1 Å². The average molecular weight is 352 g/mol. The molecule has 1 N–H and O–H groups in total. The molecule has 0 saturated carbocycles. The molecule has 0 spiro atoms. The number of nitrogens with one attached hydrogen (secondary N) is 1. The molecular formula is C20H20N2O4. The van der Waals surface area contributed by atoms with Crippen molar-refractivity contribution in [2.75, 3.05) is 20.2 Å². The fraction of sp³-hybridized carbons (Fsp3) is 0.250. The van der Waals surface area contributed by atoms with Crippen molar-refractivity contribution in [3.8, 4) is 16.9 Å². The third kappa shape index (κ3) is 3.74. The second-order valence-corrected chi connectivity index (χ2v) is 5.98. The summed E-state index contributed by atoms with van der Waals surface area (Å²) >= 11 is 0. The highest BCUT2D eigenvalue weighted by atomic mass is 16.5. The van der Waals surface area contributed by atoms with E-state index in [0.717, 1.165) is 11.1 Å². The van der Waals surface area contributed by atoms with Crippen molar-refractivity contribution >= 4 is 17.7 Å². The fourth-order valence-corrected chi connectivity index (χ4v) is 2.94. The third-order valence-corrected chi connectivity index (χ3v) is 4.32. The Labute approximate surface area is 151 Å². The number of methoxy groups -OCH3 is 1. The highest BCUT2D eigenvalue weighted by Crippen LogP contribution is 2.30. The largest absolute Gasteiger partial charge is 0.496 e. The highest BCUT2D eigenvalue weighted by Gasteiger charge is 2.28. The summed E-state index contributed by atoms with van der Waals surface area (Å²) in [6.07, 6.45) is 0.510. The van der Waals surface area contributed by atoms with E-state index in [2.05, 4.69) is 5.32 Å². The molecular weight excluding hydrogens is 332 g/mol. The number of likely N-dealkylation sites (tertiary alicyclic amines) is 1. The van der Waals surface area contributed by atoms with Gasteiger partial charge in [-0.2, -0.15) is 0 Å². The van der Waals surface area contributed by atoms with Crippen LogP contribution >= 0.6 is 0 Å². The SMILES string of the molecule is COc1cc(C(=O)NCCN2C(=O)CCC2=O)ccc1-c1ccccc1. The Hall–Kier alpha value is -3.15. The van der Waals surface area contributed by atoms with Gasteiger partial charge in [-0.15, -0.1) is 0 Å². The molecule has 1 heterocycles. The van der Waals surface area contributed by atoms with Gasteiger partial charge in [0.2, 0.25) is 11.8 Å². The van der Waals surface area contributed by atoms with Crippen molar-refractivity contribution < 1.29 is 19.1 Å². The van der Waals surface area contributed by atoms with E-state index in [1.165, 1.54) is 4.90 Å². The molecule has 1 aliphatic heterocycles. The predicted octanol–water partition coefficient (Wildman–Crippen LogP) is 2.24. The predicted molar refractivity (Wildman–Crippen MR) is 96.7 cm³/mol. The van der Waals surface area contributed by atoms with Gasteiger partial charge in [0.05, 0.1) is 7.11 Å². The van der Waals surface area contributed by atoms with Crippen molar-refractivity contribution in [1.82, 2.24) is 10.2 Å². The smallest absolute Gasteiger partial charge is 0.251 e. The summed E-state index contributed by atoms with van der Waals surface area (Å²) in [7, 11) is 1.56. The van der Waals surface area contributed by atoms with Crippen LogP contribution in [-0.2, 0) is 9.59 Å². The summed E-state index contributed by atoms with van der Waals surface area (Å²) in [6.45, 7) is 0.418. The van der Waals surface area contributed by atoms with Gasteiger partial charge in [-0.25, -0.2) is 0 Å². The van der Waals surface area contributed by atoms with Crippen molar-refractivity contribution in [2.24, 2.45) is 0 Å². The minimum Gasteiger partial charge on any atom is -0.496 e. The van der Waals surface area contributed by atoms with Crippen LogP contribution in [-0.4, -0.2) is 42.8 Å². The topological polar surface area (TPSA) is 75.7 Å². The number of hydrogen-bond donors (Lipinski definition) is 1. The Bertz CT molecular complexity index is 817. The molecule has 1 fully saturated rings. The zero-order chi connectivity index (χ0) is 18.5. The lowest BCUT2D eigenvalue weighted by Gasteiger charge is -2.15. The van der Waals surface area contributed by atoms with Gasteiger partial charge >= 0.3 is 0 Å². The summed E-state index contributed by atoms with van der Waals surface area (Å²) in [6, 6.07) is 15.0. The van der Waals surface area contributed by atoms with Gasteiger partial charge in [-0.3, -0.25) is 19.3 Å². The number of carbonyl (C=O) groups excluding carboxylic acids is 3. The van der Waals surface area contributed by atoms with Crippen molar-refractivity contribution in [2.45, 2.75) is 12.8 Å². The van der Waals surface area contributed by atoms with Gasteiger partial charge < -0.3 is 10.1 Å². The number of imide groups is 1. The molecule has 6 nitrogen and oxygen atoms in total. The average Bonchev–Trinajstić information content (AvgIpc) is 3.00. The van der Waals surface area contributed by atoms with E-state index < -0.39 is 0 Å². The van der Waals surface area contributed by atoms with Crippen LogP contribution in [0.1, 0.15) is 23.2 Å². The van der Waals surface area contributed by atoms with E-state index in [0.29, 0.717) is 11.3 Å². The number of ether oxygens (including phenoxy) is 1. The van der Waals surface area contributed by atoms with Gasteiger partial charge in [-0.05, 0) is 23.8 Å². The molecule has 6 heteroatoms. The third-order valence-electron chi connectivity index (χ3n) is 4.32. The Balaban J connectivity index is 1.66. The van der Waals surface area contributed by atoms with E-state index in [1.807, 2.05) is 36.4 Å². The maximum atomic E-state index is 12.3. The van der Waals surface area contributed by atoms with E-state index in [-0.39, 0.29) is 43.7 Å². The standard InChI is InChI=1S/C20H20N2O4/c1-26-17-13-15(7-8-16(17)14-5-3-2-4-6-14)20(25)21-11-12-22-18(23)9-10-19(22)24/h2-8,13H,9-12H2,1H3,(H,21,25). The first-order valence-electron chi connectivity index (χ1n) is 8.45. The lowest BCUT2D eigenvalue weighted by Crippen LogP contribution is -2.37. The molecule has 26 heavy (non-hydrogen) atoms. The molecule has 0 unspecified atom stereocenters. The van der Waals surface area contributed by atoms with E-state index >= 15 is 0 Å². The molecule has 0 aromatic heterocycles. The molecule has 3 rings (SSSR count). The number of nitrogens with zero attached hydrogens (tertiary/aromatic N) is 1. The Morgan fingerprint density at radius 1 is 1.08 bits per heavy atom. The lowest BCUT2D eigenvalue weighted by molar-refractivity contribution is -0.138. The normalized spacial score (nSPS) is 13.8. The van der Waals surface area contributed by atoms with Gasteiger partial charge in [0.1, 0.15) is 5.75 Å². The fourth-order valence-electron chi connectivity index (χ4n) is 2.94. The molecule has 2 aromatic carbocycles. The maximum absolute atomic E-state index is 12.3. The van der Waals surface area contributed by atoms with Crippen LogP contribution in [0.4, 0.5) is 0 Å². The zero-order valence-electron chi connectivity index (χ0n) is 14.5. The summed E-state index contributed by atoms with van der Waals surface area (Å²) in [4.78, 5) is 36.7. The van der Waals surface area contributed by atoms with E-state index in [4.69, 9.17) is 4.74 Å². The summed E-state index contributed by atoms with van der Waals surface area (Å²) in [5.41, 5.74) is 2.36. The monoisotopic (exact) mass is 352 g/mol. The van der Waals surface area contributed by atoms with Crippen LogP contribution in [0.3, 0.4) is 0 Å². The number of carbonyl (C=O) groups is 3. The molecule has 2 aromatic rings. The summed E-state index contributed by atoms with van der Waals surface area (Å²) in [5, 5.41) is 2.74. The van der Waals surface area contributed by atoms with Gasteiger partial charge in [0, 0.05) is 37.1 Å². The van der Waals surface area contributed by atoms with Crippen molar-refractivity contribution in [1.29, 1.82) is 0 Å². The molecule has 0 atom stereocenters. The number of hydrogen-bond acceptors (Lipinski definition) is 4. The first-order valence-corrected chi connectivity index (χ1v) is 8.45. The van der Waals surface area contributed by atoms with Gasteiger partial charge in [0.25, 0.3) is 5.91 Å². The molecule has 134 valence electrons. The van der Waals surface area contributed by atoms with Gasteiger partial charge in [0.15, 0.2) is 0 Å². The van der Waals surface area contributed by atoms with Crippen LogP contribution in [0.2, 0.25) is 0 Å². The number of amides is 3. The Kier molecular flexibility index (Phi) is 5.31. The molecule has 1 aliphatic rings. The van der Waals surface area contributed by atoms with Crippen LogP contribution < -0.4 is 10.1 Å². The maximum Gasteiger partial charge on any atom is 0.251 e. The van der Waals surface area contributed by atoms with Crippen LogP contribution in [0.15, 0.2) is 48.5 Å². The first kappa shape index (κ1) is 17.7. The number of rotatable bonds is 6. The van der Waals surface area contributed by atoms with Gasteiger partial charge in [-0.1, -0.05) is 30.3 Å². The lowest BCUT2D eigenvalue weighted by atomic mass is 10.0. The minimum atomic E-state index is -0.276. The molecule has 0 radical (unpaired) electrons. The first-order chi connectivity index (χ1) is 12.6. The molecule has 1 saturated heterocycles. The van der Waals surface area contributed by atoms with Crippen LogP contribution in [0.5, 0.6) is 5.75 Å². The van der Waals surface area contributed by atoms with Crippen LogP contribution in [0, 0.1) is 0 Å². The second kappa shape index (κ2) is 7.82. The molecule has 0 bridgehead atoms. The summed E-state index contributed by atoms with van der Waals surface area (Å²) < 4.78 is 5.43. The molecule has 0 aliphatic carbocycles. The van der Waals surface area contributed by atoms with E-state index in [9.17, 15) is 14.4 Å². The second-order valence-electron chi connectivity index (χ2n) is 5.98. The Morgan fingerprint density at radius 3 is 2.42 bits per heavy atom. The van der Waals surface area contributed by atoms with Crippen molar-refractivity contribution in [3.05, 3.63) is 54.1 Å². The quantitative estimate of drug-likeness (QED) is 0.809. The molecule has 3 amide bonds. The Morgan fingerprint density at radius 2 is 1.77 bits per heavy atom. The summed E-state index contributed by atoms with van der Waals surface area (Å²) in [5.74, 6) is -0.0352. The minimum absolute atomic E-state index is 0.182. The highest BCUT2D eigenvalue weighted by molar-refractivity contribution is 6.02. The zero-order valence-corrected chi connectivity index (χ0v) is 14.5. The van der Waals surface area contributed by atoms with Crippen molar-refractivity contribution in [3.63, 3.8) is 0 Å².